The number of hydrogen-bond donors (Lipinski definition) is 3. The lowest BCUT2D eigenvalue weighted by molar-refractivity contribution is -0.123. The molecule has 0 saturated carbocycles. The highest BCUT2D eigenvalue weighted by molar-refractivity contribution is 7.80. The molecular weight excluding hydrogens is 461 g/mol. The van der Waals surface area contributed by atoms with Crippen molar-refractivity contribution in [3.05, 3.63) is 58.1 Å². The van der Waals surface area contributed by atoms with Gasteiger partial charge in [-0.05, 0) is 61.0 Å². The van der Waals surface area contributed by atoms with E-state index < -0.39 is 11.8 Å². The van der Waals surface area contributed by atoms with E-state index in [0.717, 1.165) is 6.42 Å². The molecule has 2 aromatic rings. The second-order valence-electron chi connectivity index (χ2n) is 6.88. The number of ether oxygens (including phenoxy) is 2. The van der Waals surface area contributed by atoms with Gasteiger partial charge in [0.15, 0.2) is 11.7 Å². The van der Waals surface area contributed by atoms with E-state index in [1.165, 1.54) is 6.07 Å². The number of carbonyl (C=O) groups is 2. The Bertz CT molecular complexity index is 941. The maximum absolute atomic E-state index is 12.4. The lowest BCUT2D eigenvalue weighted by Crippen LogP contribution is -2.49. The lowest BCUT2D eigenvalue weighted by atomic mass is 10.1. The summed E-state index contributed by atoms with van der Waals surface area (Å²) in [6.45, 7) is 4.47. The zero-order valence-electron chi connectivity index (χ0n) is 17.0. The molecule has 2 aromatic carbocycles. The van der Waals surface area contributed by atoms with Crippen LogP contribution in [0.25, 0.3) is 0 Å². The standard InChI is InChI=1S/C21H23Cl2N3O4S/c1-13(2)8-9-29-16-5-3-4-14(10-16)20(28)24-21(31)26-25-19(27)12-30-18-7-6-15(22)11-17(18)23/h3-7,10-11,13H,8-9,12H2,1-2H3,(H,25,27)(H2,24,26,28,31). The van der Waals surface area contributed by atoms with Gasteiger partial charge in [0, 0.05) is 10.6 Å². The lowest BCUT2D eigenvalue weighted by Gasteiger charge is -2.12. The fourth-order valence-corrected chi connectivity index (χ4v) is 2.85. The summed E-state index contributed by atoms with van der Waals surface area (Å²) >= 11 is 16.8. The van der Waals surface area contributed by atoms with Crippen LogP contribution in [0, 0.1) is 5.92 Å². The summed E-state index contributed by atoms with van der Waals surface area (Å²) in [6.07, 6.45) is 0.915. The Balaban J connectivity index is 1.76. The topological polar surface area (TPSA) is 88.7 Å². The summed E-state index contributed by atoms with van der Waals surface area (Å²) < 4.78 is 11.0. The molecule has 31 heavy (non-hydrogen) atoms. The maximum Gasteiger partial charge on any atom is 0.276 e. The molecule has 0 fully saturated rings. The average molecular weight is 484 g/mol. The predicted octanol–water partition coefficient (Wildman–Crippen LogP) is 4.13. The molecule has 2 amide bonds. The summed E-state index contributed by atoms with van der Waals surface area (Å²) in [7, 11) is 0. The molecule has 166 valence electrons. The third-order valence-corrected chi connectivity index (χ3v) is 4.59. The first-order chi connectivity index (χ1) is 14.7. The largest absolute Gasteiger partial charge is 0.494 e. The first-order valence-corrected chi connectivity index (χ1v) is 10.6. The van der Waals surface area contributed by atoms with Gasteiger partial charge in [-0.25, -0.2) is 0 Å². The molecule has 0 unspecified atom stereocenters. The average Bonchev–Trinajstić information content (AvgIpc) is 2.71. The van der Waals surface area contributed by atoms with Gasteiger partial charge in [-0.3, -0.25) is 25.8 Å². The van der Waals surface area contributed by atoms with E-state index in [4.69, 9.17) is 44.9 Å². The molecule has 0 aliphatic carbocycles. The SMILES string of the molecule is CC(C)CCOc1cccc(C(=O)NC(=S)NNC(=O)COc2ccc(Cl)cc2Cl)c1. The first-order valence-electron chi connectivity index (χ1n) is 9.45. The van der Waals surface area contributed by atoms with Crippen molar-refractivity contribution in [1.29, 1.82) is 0 Å². The van der Waals surface area contributed by atoms with Crippen LogP contribution in [0.3, 0.4) is 0 Å². The number of thiocarbonyl (C=S) groups is 1. The van der Waals surface area contributed by atoms with E-state index in [2.05, 4.69) is 30.0 Å². The van der Waals surface area contributed by atoms with Crippen molar-refractivity contribution in [2.45, 2.75) is 20.3 Å². The van der Waals surface area contributed by atoms with Crippen molar-refractivity contribution in [1.82, 2.24) is 16.2 Å². The molecule has 0 atom stereocenters. The van der Waals surface area contributed by atoms with E-state index in [-0.39, 0.29) is 16.7 Å². The van der Waals surface area contributed by atoms with Crippen molar-refractivity contribution < 1.29 is 19.1 Å². The number of amides is 2. The van der Waals surface area contributed by atoms with Gasteiger partial charge < -0.3 is 9.47 Å². The van der Waals surface area contributed by atoms with Crippen LogP contribution in [0.4, 0.5) is 0 Å². The van der Waals surface area contributed by atoms with Gasteiger partial charge >= 0.3 is 0 Å². The first kappa shape index (κ1) is 24.7. The fourth-order valence-electron chi connectivity index (χ4n) is 2.24. The van der Waals surface area contributed by atoms with Crippen molar-refractivity contribution in [2.24, 2.45) is 5.92 Å². The molecule has 10 heteroatoms. The number of rotatable bonds is 8. The summed E-state index contributed by atoms with van der Waals surface area (Å²) in [5, 5.41) is 3.14. The van der Waals surface area contributed by atoms with Crippen LogP contribution in [0.2, 0.25) is 10.0 Å². The molecule has 0 heterocycles. The Labute approximate surface area is 196 Å². The Kier molecular flexibility index (Phi) is 9.84. The van der Waals surface area contributed by atoms with Crippen molar-refractivity contribution >= 4 is 52.3 Å². The van der Waals surface area contributed by atoms with Gasteiger partial charge in [0.05, 0.1) is 11.6 Å². The van der Waals surface area contributed by atoms with E-state index in [1.54, 1.807) is 36.4 Å². The minimum atomic E-state index is -0.525. The minimum absolute atomic E-state index is 0.0750. The number of halogens is 2. The molecule has 2 rings (SSSR count). The van der Waals surface area contributed by atoms with Gasteiger partial charge in [0.25, 0.3) is 11.8 Å². The second kappa shape index (κ2) is 12.3. The van der Waals surface area contributed by atoms with Gasteiger partial charge in [-0.1, -0.05) is 43.1 Å². The smallest absolute Gasteiger partial charge is 0.276 e. The molecule has 0 aromatic heterocycles. The molecule has 0 aliphatic rings. The van der Waals surface area contributed by atoms with Gasteiger partial charge in [-0.2, -0.15) is 0 Å². The highest BCUT2D eigenvalue weighted by atomic mass is 35.5. The predicted molar refractivity (Wildman–Crippen MR) is 125 cm³/mol. The highest BCUT2D eigenvalue weighted by Gasteiger charge is 2.11. The third kappa shape index (κ3) is 9.00. The fraction of sp³-hybridized carbons (Fsp3) is 0.286. The van der Waals surface area contributed by atoms with E-state index in [0.29, 0.717) is 34.6 Å². The molecule has 7 nitrogen and oxygen atoms in total. The van der Waals surface area contributed by atoms with Crippen molar-refractivity contribution in [3.63, 3.8) is 0 Å². The van der Waals surface area contributed by atoms with Crippen LogP contribution in [0.5, 0.6) is 11.5 Å². The Morgan fingerprint density at radius 1 is 1.06 bits per heavy atom. The molecule has 3 N–H and O–H groups in total. The molecular formula is C21H23Cl2N3O4S. The normalized spacial score (nSPS) is 10.4. The quantitative estimate of drug-likeness (QED) is 0.386. The molecule has 0 radical (unpaired) electrons. The summed E-state index contributed by atoms with van der Waals surface area (Å²) in [6, 6.07) is 11.4. The zero-order chi connectivity index (χ0) is 22.8. The molecule has 0 spiro atoms. The van der Waals surface area contributed by atoms with Crippen LogP contribution in [-0.4, -0.2) is 30.1 Å². The van der Waals surface area contributed by atoms with Gasteiger partial charge in [0.1, 0.15) is 11.5 Å². The van der Waals surface area contributed by atoms with Crippen LogP contribution in [0.15, 0.2) is 42.5 Å². The maximum atomic E-state index is 12.4. The van der Waals surface area contributed by atoms with Gasteiger partial charge in [0.2, 0.25) is 0 Å². The highest BCUT2D eigenvalue weighted by Crippen LogP contribution is 2.27. The number of hydrazine groups is 1. The van der Waals surface area contributed by atoms with E-state index in [9.17, 15) is 9.59 Å². The van der Waals surface area contributed by atoms with Crippen LogP contribution >= 0.6 is 35.4 Å². The summed E-state index contributed by atoms with van der Waals surface area (Å²) in [5.74, 6) is 0.471. The van der Waals surface area contributed by atoms with Crippen molar-refractivity contribution in [2.75, 3.05) is 13.2 Å². The minimum Gasteiger partial charge on any atom is -0.494 e. The van der Waals surface area contributed by atoms with Crippen molar-refractivity contribution in [3.8, 4) is 11.5 Å². The van der Waals surface area contributed by atoms with E-state index in [1.807, 2.05) is 0 Å². The molecule has 0 saturated heterocycles. The van der Waals surface area contributed by atoms with Crippen LogP contribution in [-0.2, 0) is 4.79 Å². The van der Waals surface area contributed by atoms with Crippen LogP contribution in [0.1, 0.15) is 30.6 Å². The zero-order valence-corrected chi connectivity index (χ0v) is 19.4. The number of benzene rings is 2. The van der Waals surface area contributed by atoms with Gasteiger partial charge in [-0.15, -0.1) is 0 Å². The Morgan fingerprint density at radius 3 is 2.55 bits per heavy atom. The monoisotopic (exact) mass is 483 g/mol. The Hall–Kier alpha value is -2.55. The second-order valence-corrected chi connectivity index (χ2v) is 8.13. The van der Waals surface area contributed by atoms with Crippen LogP contribution < -0.4 is 25.6 Å². The Morgan fingerprint density at radius 2 is 1.84 bits per heavy atom. The number of carbonyl (C=O) groups excluding carboxylic acids is 2. The molecule has 0 bridgehead atoms. The third-order valence-electron chi connectivity index (χ3n) is 3.86. The summed E-state index contributed by atoms with van der Waals surface area (Å²) in [4.78, 5) is 24.2. The summed E-state index contributed by atoms with van der Waals surface area (Å²) in [5.41, 5.74) is 5.14. The molecule has 0 aliphatic heterocycles. The number of hydrogen-bond acceptors (Lipinski definition) is 5. The number of nitrogens with one attached hydrogen (secondary N) is 3. The van der Waals surface area contributed by atoms with E-state index >= 15 is 0 Å².